The number of fused-ring (bicyclic) bond motifs is 2. The predicted octanol–water partition coefficient (Wildman–Crippen LogP) is 6.20. The zero-order valence-electron chi connectivity index (χ0n) is 15.7. The Morgan fingerprint density at radius 3 is 2.38 bits per heavy atom. The lowest BCUT2D eigenvalue weighted by molar-refractivity contribution is 0.488. The molecule has 0 bridgehead atoms. The highest BCUT2D eigenvalue weighted by atomic mass is 32.2. The van der Waals surface area contributed by atoms with Crippen LogP contribution in [0.25, 0.3) is 33.2 Å². The van der Waals surface area contributed by atoms with Crippen molar-refractivity contribution in [3.63, 3.8) is 0 Å². The summed E-state index contributed by atoms with van der Waals surface area (Å²) in [4.78, 5) is 17.3. The smallest absolute Gasteiger partial charge is 0.344 e. The van der Waals surface area contributed by atoms with E-state index in [1.54, 1.807) is 17.8 Å². The minimum Gasteiger partial charge on any atom is -0.431 e. The normalized spacial score (nSPS) is 11.3. The van der Waals surface area contributed by atoms with Gasteiger partial charge in [-0.2, -0.15) is 0 Å². The molecule has 3 aromatic carbocycles. The van der Waals surface area contributed by atoms with Crippen LogP contribution in [0.1, 0.15) is 11.1 Å². The maximum atomic E-state index is 12.6. The summed E-state index contributed by atoms with van der Waals surface area (Å²) in [6.07, 6.45) is 0. The van der Waals surface area contributed by atoms with Gasteiger partial charge in [-0.05, 0) is 29.7 Å². The molecule has 5 aromatic rings. The van der Waals surface area contributed by atoms with Gasteiger partial charge in [0.25, 0.3) is 5.22 Å². The van der Waals surface area contributed by atoms with Gasteiger partial charge in [-0.1, -0.05) is 72.4 Å². The van der Waals surface area contributed by atoms with Crippen molar-refractivity contribution < 1.29 is 8.83 Å². The van der Waals surface area contributed by atoms with Gasteiger partial charge in [0.2, 0.25) is 0 Å². The Morgan fingerprint density at radius 2 is 1.62 bits per heavy atom. The van der Waals surface area contributed by atoms with Gasteiger partial charge in [-0.15, -0.1) is 0 Å². The van der Waals surface area contributed by atoms with Crippen molar-refractivity contribution in [3.05, 3.63) is 94.3 Å². The Hall–Kier alpha value is -3.31. The lowest BCUT2D eigenvalue weighted by atomic mass is 9.99. The van der Waals surface area contributed by atoms with Crippen LogP contribution in [0.2, 0.25) is 0 Å². The number of aryl methyl sites for hydroxylation is 1. The first-order valence-electron chi connectivity index (χ1n) is 9.29. The maximum absolute atomic E-state index is 12.6. The highest BCUT2D eigenvalue weighted by Gasteiger charge is 2.16. The fourth-order valence-corrected chi connectivity index (χ4v) is 4.26. The molecule has 0 saturated carbocycles. The predicted molar refractivity (Wildman–Crippen MR) is 116 cm³/mol. The van der Waals surface area contributed by atoms with E-state index in [0.29, 0.717) is 22.0 Å². The molecule has 29 heavy (non-hydrogen) atoms. The number of rotatable bonds is 4. The van der Waals surface area contributed by atoms with E-state index in [-0.39, 0.29) is 5.63 Å². The van der Waals surface area contributed by atoms with E-state index in [9.17, 15) is 4.79 Å². The van der Waals surface area contributed by atoms with Gasteiger partial charge < -0.3 is 8.83 Å². The van der Waals surface area contributed by atoms with Gasteiger partial charge in [0, 0.05) is 17.2 Å². The number of aromatic nitrogens is 1. The van der Waals surface area contributed by atoms with Gasteiger partial charge in [0.05, 0.1) is 5.56 Å². The second kappa shape index (κ2) is 7.26. The first-order chi connectivity index (χ1) is 14.2. The van der Waals surface area contributed by atoms with Gasteiger partial charge in [-0.3, -0.25) is 0 Å². The molecule has 0 radical (unpaired) electrons. The van der Waals surface area contributed by atoms with Crippen LogP contribution >= 0.6 is 11.8 Å². The topological polar surface area (TPSA) is 56.2 Å². The van der Waals surface area contributed by atoms with Gasteiger partial charge >= 0.3 is 5.63 Å². The molecule has 0 atom stereocenters. The Morgan fingerprint density at radius 1 is 0.897 bits per heavy atom. The molecule has 0 aliphatic rings. The molecule has 0 spiro atoms. The summed E-state index contributed by atoms with van der Waals surface area (Å²) < 4.78 is 11.5. The lowest BCUT2D eigenvalue weighted by Crippen LogP contribution is -2.05. The standard InChI is InChI=1S/C24H17NO3S/c1-15-18-12-19-21(28-24(25-19)29-14-16-8-4-2-5-9-16)13-20(18)27-23(26)22(15)17-10-6-3-7-11-17/h2-13H,14H2,1H3. The summed E-state index contributed by atoms with van der Waals surface area (Å²) >= 11 is 1.54. The molecule has 142 valence electrons. The summed E-state index contributed by atoms with van der Waals surface area (Å²) in [5.41, 5.74) is 5.05. The molecule has 0 aliphatic carbocycles. The molecule has 0 N–H and O–H groups in total. The van der Waals surface area contributed by atoms with Crippen LogP contribution < -0.4 is 5.63 Å². The van der Waals surface area contributed by atoms with E-state index < -0.39 is 0 Å². The second-order valence-corrected chi connectivity index (χ2v) is 7.75. The van der Waals surface area contributed by atoms with Crippen LogP contribution in [0.3, 0.4) is 0 Å². The number of hydrogen-bond donors (Lipinski definition) is 0. The van der Waals surface area contributed by atoms with Gasteiger partial charge in [0.15, 0.2) is 5.58 Å². The molecule has 0 aliphatic heterocycles. The fourth-order valence-electron chi connectivity index (χ4n) is 3.47. The summed E-state index contributed by atoms with van der Waals surface area (Å²) in [6, 6.07) is 23.5. The molecule has 0 unspecified atom stereocenters. The first kappa shape index (κ1) is 17.8. The van der Waals surface area contributed by atoms with Crippen LogP contribution in [0.15, 0.2) is 91.6 Å². The molecule has 0 saturated heterocycles. The van der Waals surface area contributed by atoms with Crippen LogP contribution in [0, 0.1) is 6.92 Å². The molecule has 4 nitrogen and oxygen atoms in total. The van der Waals surface area contributed by atoms with Crippen molar-refractivity contribution in [1.29, 1.82) is 0 Å². The highest BCUT2D eigenvalue weighted by molar-refractivity contribution is 7.98. The Labute approximate surface area is 171 Å². The first-order valence-corrected chi connectivity index (χ1v) is 10.3. The van der Waals surface area contributed by atoms with Crippen LogP contribution in [-0.2, 0) is 5.75 Å². The molecular formula is C24H17NO3S. The largest absolute Gasteiger partial charge is 0.431 e. The van der Waals surface area contributed by atoms with E-state index in [4.69, 9.17) is 8.83 Å². The Bertz CT molecular complexity index is 1370. The van der Waals surface area contributed by atoms with E-state index in [0.717, 1.165) is 27.8 Å². The van der Waals surface area contributed by atoms with Crippen molar-refractivity contribution in [1.82, 2.24) is 4.98 Å². The average Bonchev–Trinajstić information content (AvgIpc) is 3.14. The van der Waals surface area contributed by atoms with Crippen LogP contribution in [0.4, 0.5) is 0 Å². The summed E-state index contributed by atoms with van der Waals surface area (Å²) in [5.74, 6) is 0.777. The zero-order valence-corrected chi connectivity index (χ0v) is 16.5. The zero-order chi connectivity index (χ0) is 19.8. The minimum absolute atomic E-state index is 0.348. The third-order valence-electron chi connectivity index (χ3n) is 4.92. The van der Waals surface area contributed by atoms with Crippen molar-refractivity contribution in [2.24, 2.45) is 0 Å². The van der Waals surface area contributed by atoms with Crippen LogP contribution in [0.5, 0.6) is 0 Å². The van der Waals surface area contributed by atoms with Gasteiger partial charge in [-0.25, -0.2) is 9.78 Å². The maximum Gasteiger partial charge on any atom is 0.344 e. The van der Waals surface area contributed by atoms with E-state index in [1.807, 2.05) is 61.5 Å². The summed E-state index contributed by atoms with van der Waals surface area (Å²) in [6.45, 7) is 1.94. The molecule has 5 heteroatoms. The van der Waals surface area contributed by atoms with E-state index >= 15 is 0 Å². The van der Waals surface area contributed by atoms with Crippen molar-refractivity contribution in [2.75, 3.05) is 0 Å². The number of oxazole rings is 1. The number of thioether (sulfide) groups is 1. The van der Waals surface area contributed by atoms with Crippen molar-refractivity contribution in [3.8, 4) is 11.1 Å². The number of benzene rings is 3. The SMILES string of the molecule is Cc1c(-c2ccccc2)c(=O)oc2cc3oc(SCc4ccccc4)nc3cc12. The Kier molecular flexibility index (Phi) is 4.45. The monoisotopic (exact) mass is 399 g/mol. The van der Waals surface area contributed by atoms with Crippen molar-refractivity contribution in [2.45, 2.75) is 17.9 Å². The Balaban J connectivity index is 1.57. The van der Waals surface area contributed by atoms with Gasteiger partial charge in [0.1, 0.15) is 11.1 Å². The van der Waals surface area contributed by atoms with E-state index in [2.05, 4.69) is 17.1 Å². The number of nitrogens with zero attached hydrogens (tertiary/aromatic N) is 1. The minimum atomic E-state index is -0.348. The molecule has 5 rings (SSSR count). The average molecular weight is 399 g/mol. The summed E-state index contributed by atoms with van der Waals surface area (Å²) in [7, 11) is 0. The molecule has 0 fully saturated rings. The quantitative estimate of drug-likeness (QED) is 0.266. The lowest BCUT2D eigenvalue weighted by Gasteiger charge is -2.07. The second-order valence-electron chi connectivity index (χ2n) is 6.83. The third-order valence-corrected chi connectivity index (χ3v) is 5.82. The fraction of sp³-hybridized carbons (Fsp3) is 0.0833. The molecular weight excluding hydrogens is 382 g/mol. The number of hydrogen-bond acceptors (Lipinski definition) is 5. The summed E-state index contributed by atoms with van der Waals surface area (Å²) in [5, 5.41) is 1.46. The molecule has 2 heterocycles. The molecule has 0 amide bonds. The third kappa shape index (κ3) is 3.34. The van der Waals surface area contributed by atoms with E-state index in [1.165, 1.54) is 5.56 Å². The van der Waals surface area contributed by atoms with Crippen molar-refractivity contribution >= 4 is 33.8 Å². The highest BCUT2D eigenvalue weighted by Crippen LogP contribution is 2.32. The molecule has 2 aromatic heterocycles. The van der Waals surface area contributed by atoms with Crippen LogP contribution in [-0.4, -0.2) is 4.98 Å².